The van der Waals surface area contributed by atoms with E-state index in [0.717, 1.165) is 75.5 Å². The molecule has 2 aromatic heterocycles. The fraction of sp³-hybridized carbons (Fsp3) is 0.707. The number of carboxylic acids is 1. The molecule has 2 heterocycles. The van der Waals surface area contributed by atoms with Crippen molar-refractivity contribution in [1.82, 2.24) is 9.97 Å². The quantitative estimate of drug-likeness (QED) is 0.0845. The molecule has 2 aromatic rings. The van der Waals surface area contributed by atoms with Crippen molar-refractivity contribution < 1.29 is 25.2 Å². The zero-order chi connectivity index (χ0) is 35.0. The van der Waals surface area contributed by atoms with E-state index in [4.69, 9.17) is 5.73 Å². The molecule has 0 saturated heterocycles. The number of anilines is 1. The smallest absolute Gasteiger partial charge is 0.309 e. The number of nitrogen functional groups attached to an aromatic ring is 1. The molecule has 5 rings (SSSR count). The second kappa shape index (κ2) is 17.5. The normalized spacial score (nSPS) is 31.0. The summed E-state index contributed by atoms with van der Waals surface area (Å²) in [7, 11) is 0. The molecule has 10 atom stereocenters. The number of aliphatic hydroxyl groups excluding tert-OH is 2. The Morgan fingerprint density at radius 1 is 1.04 bits per heavy atom. The molecule has 2 saturated carbocycles. The second-order valence-corrected chi connectivity index (χ2v) is 15.8. The van der Waals surface area contributed by atoms with Gasteiger partial charge in [0.2, 0.25) is 0 Å². The lowest BCUT2D eigenvalue weighted by atomic mass is 9.64. The Kier molecular flexibility index (Phi) is 13.4. The fourth-order valence-corrected chi connectivity index (χ4v) is 9.72. The number of nitrogens with two attached hydrogens (primary N) is 1. The molecule has 0 aliphatic heterocycles. The highest BCUT2D eigenvalue weighted by atomic mass is 16.4. The number of fused-ring (bicyclic) bond motifs is 1. The number of aromatic nitrogens is 2. The maximum absolute atomic E-state index is 12.6. The molecule has 0 radical (unpaired) electrons. The minimum absolute atomic E-state index is 0.0182. The largest absolute Gasteiger partial charge is 0.667 e. The maximum Gasteiger partial charge on any atom is 0.309 e. The van der Waals surface area contributed by atoms with Gasteiger partial charge in [-0.05, 0) is 118 Å². The summed E-state index contributed by atoms with van der Waals surface area (Å²) in [6.45, 7) is 4.33. The minimum atomic E-state index is -1.00. The summed E-state index contributed by atoms with van der Waals surface area (Å²) in [4.78, 5) is 21.3. The molecule has 8 nitrogen and oxygen atoms in total. The monoisotopic (exact) mass is 676 g/mol. The second-order valence-electron chi connectivity index (χ2n) is 15.8. The summed E-state index contributed by atoms with van der Waals surface area (Å²) < 4.78 is 0. The number of pyridine rings is 1. The van der Waals surface area contributed by atoms with Crippen molar-refractivity contribution in [3.63, 3.8) is 0 Å². The minimum Gasteiger partial charge on any atom is -0.667 e. The molecule has 0 amide bonds. The molecule has 6 N–H and O–H groups in total. The van der Waals surface area contributed by atoms with Crippen LogP contribution in [0.5, 0.6) is 0 Å². The Labute approximate surface area is 294 Å². The molecule has 3 aliphatic rings. The third-order valence-electron chi connectivity index (χ3n) is 12.5. The van der Waals surface area contributed by atoms with Gasteiger partial charge in [-0.1, -0.05) is 76.2 Å². The SMILES string of the molecule is CCCCC[C@@H]1C=C[C@@H](CCCCC[C@H](C(=O)O)[C@H](O)[C@H]2CC[C@@H]3[C@@H](Cc4ccnc(N)c4)C[C@H](Cc4cc(CC)c[n-]4)[C@]3(O)C2)[C@H](O)C1. The van der Waals surface area contributed by atoms with Crippen LogP contribution in [-0.4, -0.2) is 49.2 Å². The number of hydrogen-bond acceptors (Lipinski definition) is 6. The average molecular weight is 677 g/mol. The molecule has 272 valence electrons. The van der Waals surface area contributed by atoms with E-state index in [2.05, 4.69) is 42.0 Å². The van der Waals surface area contributed by atoms with Crippen LogP contribution in [0, 0.1) is 41.4 Å². The summed E-state index contributed by atoms with van der Waals surface area (Å²) in [6.07, 6.45) is 21.5. The number of carboxylic acid groups (broad SMARTS) is 1. The van der Waals surface area contributed by atoms with Gasteiger partial charge in [-0.15, -0.1) is 0 Å². The molecular formula is C41H62N3O5-. The van der Waals surface area contributed by atoms with Gasteiger partial charge >= 0.3 is 5.97 Å². The van der Waals surface area contributed by atoms with E-state index in [-0.39, 0.29) is 35.7 Å². The van der Waals surface area contributed by atoms with Crippen LogP contribution in [0.4, 0.5) is 5.82 Å². The first-order valence-corrected chi connectivity index (χ1v) is 19.4. The predicted molar refractivity (Wildman–Crippen MR) is 194 cm³/mol. The number of aliphatic carboxylic acids is 1. The number of aryl methyl sites for hydroxylation is 1. The van der Waals surface area contributed by atoms with Gasteiger partial charge in [-0.25, -0.2) is 4.98 Å². The summed E-state index contributed by atoms with van der Waals surface area (Å²) in [5, 5.41) is 45.1. The van der Waals surface area contributed by atoms with Gasteiger partial charge in [0.1, 0.15) is 5.82 Å². The fourth-order valence-electron chi connectivity index (χ4n) is 9.72. The van der Waals surface area contributed by atoms with Crippen LogP contribution in [0.2, 0.25) is 0 Å². The number of allylic oxidation sites excluding steroid dienone is 1. The van der Waals surface area contributed by atoms with Crippen LogP contribution in [-0.2, 0) is 24.1 Å². The van der Waals surface area contributed by atoms with Crippen molar-refractivity contribution in [2.75, 3.05) is 5.73 Å². The lowest BCUT2D eigenvalue weighted by Crippen LogP contribution is -2.50. The van der Waals surface area contributed by atoms with Gasteiger partial charge in [0.15, 0.2) is 0 Å². The van der Waals surface area contributed by atoms with Gasteiger partial charge in [0.05, 0.1) is 23.7 Å². The Hall–Kier alpha value is -2.68. The van der Waals surface area contributed by atoms with Crippen molar-refractivity contribution in [2.45, 2.75) is 141 Å². The van der Waals surface area contributed by atoms with E-state index in [1.54, 1.807) is 6.20 Å². The number of rotatable bonds is 18. The Morgan fingerprint density at radius 3 is 2.57 bits per heavy atom. The van der Waals surface area contributed by atoms with Gasteiger partial charge in [0.25, 0.3) is 0 Å². The lowest BCUT2D eigenvalue weighted by Gasteiger charge is -2.46. The number of aliphatic hydroxyl groups is 3. The molecular weight excluding hydrogens is 614 g/mol. The Bertz CT molecular complexity index is 1360. The predicted octanol–water partition coefficient (Wildman–Crippen LogP) is 6.90. The van der Waals surface area contributed by atoms with E-state index in [1.165, 1.54) is 24.8 Å². The van der Waals surface area contributed by atoms with Gasteiger partial charge in [0, 0.05) is 12.1 Å². The van der Waals surface area contributed by atoms with Gasteiger partial charge in [-0.3, -0.25) is 4.79 Å². The highest BCUT2D eigenvalue weighted by Crippen LogP contribution is 2.56. The number of nitrogens with zero attached hydrogens (tertiary/aromatic N) is 2. The van der Waals surface area contributed by atoms with Crippen molar-refractivity contribution in [3.05, 3.63) is 59.6 Å². The van der Waals surface area contributed by atoms with Crippen molar-refractivity contribution in [1.29, 1.82) is 0 Å². The molecule has 8 heteroatoms. The van der Waals surface area contributed by atoms with E-state index in [0.29, 0.717) is 37.4 Å². The van der Waals surface area contributed by atoms with Crippen molar-refractivity contribution in [2.24, 2.45) is 41.4 Å². The Balaban J connectivity index is 1.18. The zero-order valence-electron chi connectivity index (χ0n) is 29.9. The average Bonchev–Trinajstić information content (AvgIpc) is 3.64. The molecule has 49 heavy (non-hydrogen) atoms. The van der Waals surface area contributed by atoms with Crippen LogP contribution in [0.25, 0.3) is 0 Å². The molecule has 2 fully saturated rings. The van der Waals surface area contributed by atoms with E-state index >= 15 is 0 Å². The van der Waals surface area contributed by atoms with Crippen LogP contribution in [0.15, 0.2) is 42.7 Å². The van der Waals surface area contributed by atoms with E-state index < -0.39 is 23.6 Å². The van der Waals surface area contributed by atoms with Crippen LogP contribution in [0.1, 0.15) is 121 Å². The first-order valence-electron chi connectivity index (χ1n) is 19.4. The first-order chi connectivity index (χ1) is 23.6. The molecule has 0 aromatic carbocycles. The first kappa shape index (κ1) is 37.6. The summed E-state index contributed by atoms with van der Waals surface area (Å²) in [6, 6.07) is 6.06. The number of unbranched alkanes of at least 4 members (excludes halogenated alkanes) is 4. The third-order valence-corrected chi connectivity index (χ3v) is 12.5. The molecule has 0 unspecified atom stereocenters. The van der Waals surface area contributed by atoms with Crippen molar-refractivity contribution >= 4 is 11.8 Å². The molecule has 3 aliphatic carbocycles. The van der Waals surface area contributed by atoms with Crippen LogP contribution < -0.4 is 10.7 Å². The number of hydrogen-bond donors (Lipinski definition) is 5. The highest BCUT2D eigenvalue weighted by Gasteiger charge is 2.57. The summed E-state index contributed by atoms with van der Waals surface area (Å²) in [5.41, 5.74) is 8.31. The Morgan fingerprint density at radius 2 is 1.86 bits per heavy atom. The molecule has 0 bridgehead atoms. The standard InChI is InChI=1S/C41H62N3O5/c1-3-5-7-10-28-13-14-30(37(45)21-28)11-8-6-9-12-35(40(47)48)39(46)31-15-16-36-32(19-29-17-18-43-38(42)22-29)23-33(41(36,49)25-31)24-34-20-27(4-2)26-44-34/h13-14,17-18,20,22,26,28,30-33,35-37,39,45-46,49H,3-12,15-16,19,21,23-25H2,1-2H3,(H2,42,43)(H,47,48)/q-1/t28-,30-,31+,32+,33-,35+,36-,37-,39-,41-/m1/s1. The van der Waals surface area contributed by atoms with Gasteiger partial charge in [-0.2, -0.15) is 11.9 Å². The maximum atomic E-state index is 12.6. The van der Waals surface area contributed by atoms with E-state index in [1.807, 2.05) is 18.3 Å². The summed E-state index contributed by atoms with van der Waals surface area (Å²) in [5.74, 6) is -0.616. The van der Waals surface area contributed by atoms with Crippen LogP contribution in [0.3, 0.4) is 0 Å². The number of carbonyl (C=O) groups is 1. The lowest BCUT2D eigenvalue weighted by molar-refractivity contribution is -0.152. The van der Waals surface area contributed by atoms with Gasteiger partial charge < -0.3 is 31.1 Å². The zero-order valence-corrected chi connectivity index (χ0v) is 29.9. The topological polar surface area (TPSA) is 151 Å². The third kappa shape index (κ3) is 9.56. The van der Waals surface area contributed by atoms with Crippen molar-refractivity contribution in [3.8, 4) is 0 Å². The van der Waals surface area contributed by atoms with Crippen LogP contribution >= 0.6 is 0 Å². The highest BCUT2D eigenvalue weighted by molar-refractivity contribution is 5.70. The summed E-state index contributed by atoms with van der Waals surface area (Å²) >= 11 is 0. The van der Waals surface area contributed by atoms with E-state index in [9.17, 15) is 25.2 Å². The molecule has 0 spiro atoms.